The van der Waals surface area contributed by atoms with Gasteiger partial charge in [0.1, 0.15) is 22.3 Å². The number of allylic oxidation sites excluding steroid dienone is 4. The van der Waals surface area contributed by atoms with Crippen molar-refractivity contribution in [2.24, 2.45) is 5.92 Å². The minimum Gasteiger partial charge on any atom is -0.456 e. The normalized spacial score (nSPS) is 18.8. The average Bonchev–Trinajstić information content (AvgIpc) is 3.91. The van der Waals surface area contributed by atoms with E-state index < -0.39 is 0 Å². The van der Waals surface area contributed by atoms with Gasteiger partial charge in [0.25, 0.3) is 0 Å². The van der Waals surface area contributed by atoms with E-state index in [9.17, 15) is 0 Å². The Balaban J connectivity index is 1.10. The van der Waals surface area contributed by atoms with Crippen LogP contribution in [0.1, 0.15) is 74.5 Å². The number of para-hydroxylation sites is 2. The topological polar surface area (TPSA) is 29.5 Å². The summed E-state index contributed by atoms with van der Waals surface area (Å²) < 4.78 is 13.5. The molecular formula is C55H45NO2. The minimum atomic E-state index is -0.0281. The predicted molar refractivity (Wildman–Crippen MR) is 242 cm³/mol. The summed E-state index contributed by atoms with van der Waals surface area (Å²) in [5.41, 5.74) is 13.5. The number of benzene rings is 7. The van der Waals surface area contributed by atoms with Gasteiger partial charge in [0.2, 0.25) is 0 Å². The van der Waals surface area contributed by atoms with Crippen LogP contribution in [0.15, 0.2) is 167 Å². The molecule has 3 aliphatic carbocycles. The van der Waals surface area contributed by atoms with Crippen molar-refractivity contribution >= 4 is 71.7 Å². The smallest absolute Gasteiger partial charge is 0.138 e. The van der Waals surface area contributed by atoms with Gasteiger partial charge in [-0.05, 0) is 118 Å². The third-order valence-electron chi connectivity index (χ3n) is 13.9. The molecule has 282 valence electrons. The maximum Gasteiger partial charge on any atom is 0.138 e. The second-order valence-electron chi connectivity index (χ2n) is 17.5. The van der Waals surface area contributed by atoms with Gasteiger partial charge in [-0.2, -0.15) is 0 Å². The lowest BCUT2D eigenvalue weighted by Crippen LogP contribution is -2.24. The first-order valence-corrected chi connectivity index (χ1v) is 21.2. The number of hydrogen-bond donors (Lipinski definition) is 0. The van der Waals surface area contributed by atoms with Gasteiger partial charge in [-0.25, -0.2) is 0 Å². The molecule has 0 amide bonds. The summed E-state index contributed by atoms with van der Waals surface area (Å²) in [6.45, 7) is 4.84. The van der Waals surface area contributed by atoms with Gasteiger partial charge in [-0.15, -0.1) is 0 Å². The third-order valence-corrected chi connectivity index (χ3v) is 13.9. The van der Waals surface area contributed by atoms with Crippen molar-refractivity contribution in [3.05, 3.63) is 174 Å². The summed E-state index contributed by atoms with van der Waals surface area (Å²) in [6, 6.07) is 49.4. The number of nitrogens with zero attached hydrogens (tertiary/aromatic N) is 1. The molecule has 3 heteroatoms. The molecule has 0 N–H and O–H groups in total. The van der Waals surface area contributed by atoms with Crippen molar-refractivity contribution in [1.29, 1.82) is 0 Å². The van der Waals surface area contributed by atoms with E-state index in [0.29, 0.717) is 17.8 Å². The quantitative estimate of drug-likeness (QED) is 0.175. The summed E-state index contributed by atoms with van der Waals surface area (Å²) in [5, 5.41) is 7.05. The van der Waals surface area contributed by atoms with Gasteiger partial charge >= 0.3 is 0 Å². The van der Waals surface area contributed by atoms with Gasteiger partial charge < -0.3 is 13.7 Å². The van der Waals surface area contributed by atoms with Gasteiger partial charge in [-0.1, -0.05) is 130 Å². The number of rotatable bonds is 5. The zero-order chi connectivity index (χ0) is 38.5. The van der Waals surface area contributed by atoms with Crippen molar-refractivity contribution < 1.29 is 8.83 Å². The first-order chi connectivity index (χ1) is 28.5. The number of fused-ring (bicyclic) bond motifs is 10. The Bertz CT molecular complexity index is 3170. The van der Waals surface area contributed by atoms with Gasteiger partial charge in [0, 0.05) is 50.5 Å². The van der Waals surface area contributed by atoms with Crippen LogP contribution in [0.2, 0.25) is 0 Å². The van der Waals surface area contributed by atoms with E-state index >= 15 is 0 Å². The van der Waals surface area contributed by atoms with Crippen molar-refractivity contribution in [2.75, 3.05) is 4.90 Å². The van der Waals surface area contributed by atoms with Gasteiger partial charge in [0.05, 0.1) is 5.69 Å². The Morgan fingerprint density at radius 3 is 2.16 bits per heavy atom. The molecule has 9 aromatic rings. The highest BCUT2D eigenvalue weighted by atomic mass is 16.3. The average molecular weight is 752 g/mol. The van der Waals surface area contributed by atoms with Crippen LogP contribution in [-0.2, 0) is 5.41 Å². The molecule has 0 aliphatic heterocycles. The molecule has 0 saturated heterocycles. The van der Waals surface area contributed by atoms with Crippen LogP contribution in [0.4, 0.5) is 17.1 Å². The third kappa shape index (κ3) is 5.12. The number of hydrogen-bond acceptors (Lipinski definition) is 3. The molecule has 2 atom stereocenters. The van der Waals surface area contributed by atoms with E-state index in [1.165, 1.54) is 70.3 Å². The molecule has 12 rings (SSSR count). The van der Waals surface area contributed by atoms with Gasteiger partial charge in [-0.3, -0.25) is 0 Å². The Morgan fingerprint density at radius 2 is 1.26 bits per heavy atom. The molecule has 2 aromatic heterocycles. The molecule has 3 nitrogen and oxygen atoms in total. The summed E-state index contributed by atoms with van der Waals surface area (Å²) in [6.07, 6.45) is 15.6. The fourth-order valence-corrected chi connectivity index (χ4v) is 11.0. The fraction of sp³-hybridized carbons (Fsp3) is 0.200. The Kier molecular flexibility index (Phi) is 7.48. The highest BCUT2D eigenvalue weighted by molar-refractivity contribution is 6.09. The molecular weight excluding hydrogens is 707 g/mol. The molecule has 58 heavy (non-hydrogen) atoms. The summed E-state index contributed by atoms with van der Waals surface area (Å²) in [5.74, 6) is 1.36. The highest BCUT2D eigenvalue weighted by Gasteiger charge is 2.44. The number of anilines is 3. The largest absolute Gasteiger partial charge is 0.456 e. The first kappa shape index (κ1) is 33.8. The molecule has 2 heterocycles. The lowest BCUT2D eigenvalue weighted by molar-refractivity contribution is 0.394. The monoisotopic (exact) mass is 751 g/mol. The molecule has 3 aliphatic rings. The van der Waals surface area contributed by atoms with Gasteiger partial charge in [0.15, 0.2) is 0 Å². The molecule has 1 saturated carbocycles. The van der Waals surface area contributed by atoms with Crippen LogP contribution < -0.4 is 4.90 Å². The first-order valence-electron chi connectivity index (χ1n) is 21.2. The molecule has 0 spiro atoms. The SMILES string of the molecule is CC1(C)c2cc(N(c3ccc4c(c3)oc3c(C5CCCCC5)cccc34)c3cc4ccccc4cc3-c3ccc4c(c3)oc3ccccc34)ccc2C2C=CC=CC21. The maximum atomic E-state index is 6.98. The summed E-state index contributed by atoms with van der Waals surface area (Å²) in [7, 11) is 0. The van der Waals surface area contributed by atoms with Crippen LogP contribution in [0, 0.1) is 5.92 Å². The Labute approximate surface area is 338 Å². The zero-order valence-corrected chi connectivity index (χ0v) is 33.0. The lowest BCUT2D eigenvalue weighted by atomic mass is 9.74. The molecule has 7 aromatic carbocycles. The standard InChI is InChI=1S/C55H45NO2/c1-55(2)48-21-10-8-17-41(48)42-27-24-38(32-49(42)55)56(39-25-28-45-46-20-12-19-40(34-13-4-3-5-14-34)54(46)58-53(45)33-39)50-30-36-16-7-6-15-35(36)29-47(50)37-23-26-44-43-18-9-11-22-51(43)57-52(44)31-37/h6-12,15-34,41,48H,3-5,13-14H2,1-2H3. The van der Waals surface area contributed by atoms with Crippen LogP contribution in [-0.4, -0.2) is 0 Å². The minimum absolute atomic E-state index is 0.0281. The van der Waals surface area contributed by atoms with E-state index in [1.807, 2.05) is 6.07 Å². The molecule has 2 unspecified atom stereocenters. The van der Waals surface area contributed by atoms with Crippen molar-refractivity contribution in [2.45, 2.75) is 63.2 Å². The number of furan rings is 2. The van der Waals surface area contributed by atoms with E-state index in [-0.39, 0.29) is 5.41 Å². The highest BCUT2D eigenvalue weighted by Crippen LogP contribution is 2.55. The Morgan fingerprint density at radius 1 is 0.552 bits per heavy atom. The van der Waals surface area contributed by atoms with Crippen molar-refractivity contribution in [3.63, 3.8) is 0 Å². The second-order valence-corrected chi connectivity index (χ2v) is 17.5. The Hall–Kier alpha value is -6.32. The van der Waals surface area contributed by atoms with Crippen LogP contribution in [0.25, 0.3) is 65.8 Å². The van der Waals surface area contributed by atoms with Crippen molar-refractivity contribution in [1.82, 2.24) is 0 Å². The van der Waals surface area contributed by atoms with E-state index in [4.69, 9.17) is 8.83 Å². The van der Waals surface area contributed by atoms with E-state index in [1.54, 1.807) is 0 Å². The van der Waals surface area contributed by atoms with Crippen LogP contribution in [0.3, 0.4) is 0 Å². The summed E-state index contributed by atoms with van der Waals surface area (Å²) >= 11 is 0. The maximum absolute atomic E-state index is 6.98. The zero-order valence-electron chi connectivity index (χ0n) is 33.0. The van der Waals surface area contributed by atoms with E-state index in [2.05, 4.69) is 170 Å². The lowest BCUT2D eigenvalue weighted by Gasteiger charge is -2.31. The molecule has 1 fully saturated rings. The van der Waals surface area contributed by atoms with Crippen molar-refractivity contribution in [3.8, 4) is 11.1 Å². The fourth-order valence-electron chi connectivity index (χ4n) is 11.0. The van der Waals surface area contributed by atoms with Crippen LogP contribution in [0.5, 0.6) is 0 Å². The summed E-state index contributed by atoms with van der Waals surface area (Å²) in [4.78, 5) is 2.48. The van der Waals surface area contributed by atoms with Crippen LogP contribution >= 0.6 is 0 Å². The van der Waals surface area contributed by atoms with E-state index in [0.717, 1.165) is 61.3 Å². The predicted octanol–water partition coefficient (Wildman–Crippen LogP) is 15.9. The molecule has 0 bridgehead atoms. The second kappa shape index (κ2) is 12.8. The molecule has 0 radical (unpaired) electrons.